The number of hydrogen-bond acceptors (Lipinski definition) is 4. The molecule has 0 amide bonds. The average Bonchev–Trinajstić information content (AvgIpc) is 2.64. The molecular weight excluding hydrogens is 342 g/mol. The Balaban J connectivity index is 1.64. The summed E-state index contributed by atoms with van der Waals surface area (Å²) >= 11 is 1.68. The molecule has 0 spiro atoms. The molecule has 0 fully saturated rings. The van der Waals surface area contributed by atoms with Gasteiger partial charge in [0.15, 0.2) is 22.6 Å². The van der Waals surface area contributed by atoms with Gasteiger partial charge in [0.05, 0.1) is 0 Å². The molecule has 2 aromatic carbocycles. The fraction of sp³-hybridized carbons (Fsp3) is 0.158. The van der Waals surface area contributed by atoms with Gasteiger partial charge >= 0.3 is 0 Å². The van der Waals surface area contributed by atoms with Crippen LogP contribution in [0.1, 0.15) is 22.3 Å². The topological polar surface area (TPSA) is 41.5 Å². The molecule has 0 saturated carbocycles. The van der Waals surface area contributed by atoms with Crippen LogP contribution in [-0.4, -0.2) is 23.2 Å². The van der Waals surface area contributed by atoms with Crippen molar-refractivity contribution in [2.45, 2.75) is 6.42 Å². The first-order chi connectivity index (χ1) is 12.1. The molecular formula is C19H16F2N2OS. The quantitative estimate of drug-likeness (QED) is 0.632. The van der Waals surface area contributed by atoms with Crippen molar-refractivity contribution in [3.05, 3.63) is 71.3 Å². The Labute approximate surface area is 148 Å². The number of benzene rings is 2. The number of anilines is 1. The van der Waals surface area contributed by atoms with Gasteiger partial charge in [-0.05, 0) is 54.5 Å². The van der Waals surface area contributed by atoms with Gasteiger partial charge in [-0.3, -0.25) is 9.79 Å². The van der Waals surface area contributed by atoms with E-state index < -0.39 is 11.6 Å². The number of nitrogens with zero attached hydrogens (tertiary/aromatic N) is 1. The second-order valence-corrected chi connectivity index (χ2v) is 6.55. The number of amidine groups is 1. The maximum Gasteiger partial charge on any atom is 0.185 e. The first kappa shape index (κ1) is 17.4. The summed E-state index contributed by atoms with van der Waals surface area (Å²) in [5.74, 6) is -1.00. The van der Waals surface area contributed by atoms with Crippen LogP contribution in [0.5, 0.6) is 0 Å². The number of aliphatic imine (C=N–C) groups is 1. The smallest absolute Gasteiger partial charge is 0.185 e. The zero-order chi connectivity index (χ0) is 17.6. The van der Waals surface area contributed by atoms with Gasteiger partial charge in [0.2, 0.25) is 0 Å². The molecule has 0 saturated heterocycles. The predicted octanol–water partition coefficient (Wildman–Crippen LogP) is 4.77. The van der Waals surface area contributed by atoms with Gasteiger partial charge in [0, 0.05) is 23.5 Å². The molecule has 0 aliphatic carbocycles. The highest BCUT2D eigenvalue weighted by Gasteiger charge is 2.07. The summed E-state index contributed by atoms with van der Waals surface area (Å²) in [5, 5.41) is 4.11. The van der Waals surface area contributed by atoms with Crippen molar-refractivity contribution in [1.29, 1.82) is 0 Å². The van der Waals surface area contributed by atoms with Gasteiger partial charge in [-0.15, -0.1) is 0 Å². The summed E-state index contributed by atoms with van der Waals surface area (Å²) in [6.45, 7) is 0.834. The fourth-order valence-corrected chi connectivity index (χ4v) is 3.10. The molecule has 1 aliphatic rings. The molecule has 1 N–H and O–H groups in total. The van der Waals surface area contributed by atoms with Crippen molar-refractivity contribution in [2.75, 3.05) is 17.6 Å². The van der Waals surface area contributed by atoms with Crippen LogP contribution in [0.25, 0.3) is 6.08 Å². The number of allylic oxidation sites excluding steroid dienone is 1. The van der Waals surface area contributed by atoms with E-state index >= 15 is 0 Å². The third-order valence-corrected chi connectivity index (χ3v) is 4.59. The minimum absolute atomic E-state index is 0.208. The van der Waals surface area contributed by atoms with E-state index in [1.165, 1.54) is 18.2 Å². The molecule has 128 valence electrons. The molecule has 1 heterocycles. The minimum atomic E-state index is -0.937. The van der Waals surface area contributed by atoms with Crippen molar-refractivity contribution >= 4 is 34.5 Å². The van der Waals surface area contributed by atoms with Crippen molar-refractivity contribution < 1.29 is 13.6 Å². The molecule has 25 heavy (non-hydrogen) atoms. The molecule has 0 bridgehead atoms. The highest BCUT2D eigenvalue weighted by molar-refractivity contribution is 8.14. The summed E-state index contributed by atoms with van der Waals surface area (Å²) < 4.78 is 26.0. The molecule has 3 rings (SSSR count). The maximum absolute atomic E-state index is 13.2. The molecule has 1 aliphatic heterocycles. The fourth-order valence-electron chi connectivity index (χ4n) is 2.26. The Morgan fingerprint density at radius 1 is 1.12 bits per heavy atom. The van der Waals surface area contributed by atoms with Gasteiger partial charge in [-0.1, -0.05) is 23.9 Å². The van der Waals surface area contributed by atoms with Crippen molar-refractivity contribution in [3.63, 3.8) is 0 Å². The second kappa shape index (κ2) is 8.07. The van der Waals surface area contributed by atoms with Crippen LogP contribution in [-0.2, 0) is 0 Å². The lowest BCUT2D eigenvalue weighted by Gasteiger charge is -2.13. The molecule has 0 atom stereocenters. The number of hydrogen-bond donors (Lipinski definition) is 1. The van der Waals surface area contributed by atoms with Crippen molar-refractivity contribution in [3.8, 4) is 0 Å². The third kappa shape index (κ3) is 4.76. The summed E-state index contributed by atoms with van der Waals surface area (Å²) in [5.41, 5.74) is 1.81. The molecule has 3 nitrogen and oxygen atoms in total. The molecule has 2 aromatic rings. The number of rotatable bonds is 4. The van der Waals surface area contributed by atoms with E-state index in [1.807, 2.05) is 12.1 Å². The highest BCUT2D eigenvalue weighted by atomic mass is 32.2. The Hall–Kier alpha value is -2.47. The van der Waals surface area contributed by atoms with Gasteiger partial charge in [0.1, 0.15) is 0 Å². The second-order valence-electron chi connectivity index (χ2n) is 5.46. The van der Waals surface area contributed by atoms with E-state index in [2.05, 4.69) is 10.3 Å². The predicted molar refractivity (Wildman–Crippen MR) is 99.2 cm³/mol. The van der Waals surface area contributed by atoms with E-state index in [4.69, 9.17) is 0 Å². The van der Waals surface area contributed by atoms with E-state index in [0.29, 0.717) is 11.1 Å². The summed E-state index contributed by atoms with van der Waals surface area (Å²) in [6, 6.07) is 10.6. The highest BCUT2D eigenvalue weighted by Crippen LogP contribution is 2.17. The SMILES string of the molecule is O=C(/C=C/c1ccc(F)c(F)c1)c1ccc(NC2=NCCCS2)cc1. The molecule has 0 radical (unpaired) electrons. The van der Waals surface area contributed by atoms with Gasteiger partial charge in [0.25, 0.3) is 0 Å². The first-order valence-corrected chi connectivity index (χ1v) is 8.82. The average molecular weight is 358 g/mol. The van der Waals surface area contributed by atoms with Crippen LogP contribution < -0.4 is 5.32 Å². The number of ketones is 1. The largest absolute Gasteiger partial charge is 0.335 e. The van der Waals surface area contributed by atoms with Crippen LogP contribution in [0.3, 0.4) is 0 Å². The Morgan fingerprint density at radius 3 is 2.60 bits per heavy atom. The van der Waals surface area contributed by atoms with Gasteiger partial charge in [-0.25, -0.2) is 8.78 Å². The van der Waals surface area contributed by atoms with Crippen molar-refractivity contribution in [1.82, 2.24) is 0 Å². The zero-order valence-electron chi connectivity index (χ0n) is 13.3. The Kier molecular flexibility index (Phi) is 5.60. The number of nitrogens with one attached hydrogen (secondary N) is 1. The normalized spacial score (nSPS) is 14.4. The molecule has 0 unspecified atom stereocenters. The minimum Gasteiger partial charge on any atom is -0.335 e. The standard InChI is InChI=1S/C19H16F2N2OS/c20-16-8-2-13(12-17(16)21)3-9-18(24)14-4-6-15(7-5-14)23-19-22-10-1-11-25-19/h2-9,12H,1,10-11H2,(H,22,23)/b9-3+. The number of carbonyl (C=O) groups excluding carboxylic acids is 1. The van der Waals surface area contributed by atoms with E-state index in [0.717, 1.165) is 41.7 Å². The number of thioether (sulfide) groups is 1. The lowest BCUT2D eigenvalue weighted by Crippen LogP contribution is -2.13. The van der Waals surface area contributed by atoms with Gasteiger partial charge in [-0.2, -0.15) is 0 Å². The van der Waals surface area contributed by atoms with Crippen LogP contribution in [0.4, 0.5) is 14.5 Å². The summed E-state index contributed by atoms with van der Waals surface area (Å²) in [4.78, 5) is 16.6. The van der Waals surface area contributed by atoms with Crippen LogP contribution in [0, 0.1) is 11.6 Å². The Bertz CT molecular complexity index is 832. The molecule has 6 heteroatoms. The van der Waals surface area contributed by atoms with E-state index in [-0.39, 0.29) is 5.78 Å². The number of carbonyl (C=O) groups is 1. The van der Waals surface area contributed by atoms with Gasteiger partial charge < -0.3 is 5.32 Å². The molecule has 0 aromatic heterocycles. The third-order valence-electron chi connectivity index (χ3n) is 3.59. The van der Waals surface area contributed by atoms with Crippen LogP contribution in [0.2, 0.25) is 0 Å². The Morgan fingerprint density at radius 2 is 1.92 bits per heavy atom. The lowest BCUT2D eigenvalue weighted by atomic mass is 10.1. The lowest BCUT2D eigenvalue weighted by molar-refractivity contribution is 0.104. The number of halogens is 2. The monoisotopic (exact) mass is 358 g/mol. The maximum atomic E-state index is 13.2. The van der Waals surface area contributed by atoms with E-state index in [9.17, 15) is 13.6 Å². The zero-order valence-corrected chi connectivity index (χ0v) is 14.2. The van der Waals surface area contributed by atoms with Crippen LogP contribution >= 0.6 is 11.8 Å². The summed E-state index contributed by atoms with van der Waals surface area (Å²) in [6.07, 6.45) is 3.90. The van der Waals surface area contributed by atoms with Crippen LogP contribution in [0.15, 0.2) is 53.5 Å². The van der Waals surface area contributed by atoms with Crippen molar-refractivity contribution in [2.24, 2.45) is 4.99 Å². The van der Waals surface area contributed by atoms with E-state index in [1.54, 1.807) is 23.9 Å². The summed E-state index contributed by atoms with van der Waals surface area (Å²) in [7, 11) is 0. The first-order valence-electron chi connectivity index (χ1n) is 7.83.